The molecule has 0 spiro atoms. The summed E-state index contributed by atoms with van der Waals surface area (Å²) >= 11 is 0. The lowest BCUT2D eigenvalue weighted by Gasteiger charge is -2.17. The first-order valence-corrected chi connectivity index (χ1v) is 17.3. The van der Waals surface area contributed by atoms with Gasteiger partial charge in [-0.15, -0.1) is 0 Å². The number of rotatable bonds is 3. The second kappa shape index (κ2) is 10.8. The van der Waals surface area contributed by atoms with E-state index in [0.29, 0.717) is 0 Å². The van der Waals surface area contributed by atoms with Crippen LogP contribution in [-0.4, -0.2) is 9.97 Å². The van der Waals surface area contributed by atoms with Crippen molar-refractivity contribution in [3.8, 4) is 33.6 Å². The summed E-state index contributed by atoms with van der Waals surface area (Å²) in [5, 5.41) is 11.4. The predicted octanol–water partition coefficient (Wildman–Crippen LogP) is 13.1. The summed E-state index contributed by atoms with van der Waals surface area (Å²) in [4.78, 5) is 10.6. The highest BCUT2D eigenvalue weighted by molar-refractivity contribution is 6.26. The molecule has 0 aliphatic rings. The largest absolute Gasteiger partial charge is 0.455 e. The van der Waals surface area contributed by atoms with Gasteiger partial charge in [-0.2, -0.15) is 0 Å². The highest BCUT2D eigenvalue weighted by Crippen LogP contribution is 2.44. The summed E-state index contributed by atoms with van der Waals surface area (Å²) in [5.41, 5.74) is 10.1. The molecule has 0 bridgehead atoms. The van der Waals surface area contributed by atoms with Crippen molar-refractivity contribution < 1.29 is 4.42 Å². The van der Waals surface area contributed by atoms with Gasteiger partial charge in [-0.05, 0) is 58.3 Å². The third-order valence-electron chi connectivity index (χ3n) is 10.4. The topological polar surface area (TPSA) is 38.9 Å². The van der Waals surface area contributed by atoms with Gasteiger partial charge in [0.1, 0.15) is 11.2 Å². The van der Waals surface area contributed by atoms with Crippen LogP contribution in [0, 0.1) is 0 Å². The zero-order valence-corrected chi connectivity index (χ0v) is 27.5. The number of nitrogens with zero attached hydrogens (tertiary/aromatic N) is 2. The molecule has 0 fully saturated rings. The summed E-state index contributed by atoms with van der Waals surface area (Å²) in [6.07, 6.45) is 0. The molecular weight excluding hydrogens is 621 g/mol. The standard InChI is InChI=1S/C48H28N2O/c1-2-13-29(14-3-1)46-40-28-39(32-17-4-5-19-34(32)44(40)36-20-6-9-22-41(36)49-46)30-15-12-16-31(27-30)47-38-26-25-35-33-18-8-11-24-43(33)51-48(35)45(38)37-21-7-10-23-42(37)50-47/h1-28H. The molecule has 11 aromatic rings. The molecule has 0 amide bonds. The second-order valence-corrected chi connectivity index (χ2v) is 13.3. The molecule has 8 aromatic carbocycles. The molecule has 0 aliphatic heterocycles. The normalized spacial score (nSPS) is 11.9. The number of hydrogen-bond acceptors (Lipinski definition) is 3. The molecule has 0 radical (unpaired) electrons. The van der Waals surface area contributed by atoms with Crippen LogP contribution in [0.2, 0.25) is 0 Å². The average molecular weight is 649 g/mol. The van der Waals surface area contributed by atoms with Gasteiger partial charge in [-0.25, -0.2) is 9.97 Å². The number of pyridine rings is 2. The zero-order chi connectivity index (χ0) is 33.5. The van der Waals surface area contributed by atoms with Gasteiger partial charge in [0.2, 0.25) is 0 Å². The molecule has 0 aliphatic carbocycles. The third kappa shape index (κ3) is 4.19. The van der Waals surface area contributed by atoms with Crippen LogP contribution >= 0.6 is 0 Å². The fourth-order valence-electron chi connectivity index (χ4n) is 8.14. The van der Waals surface area contributed by atoms with Crippen molar-refractivity contribution >= 4 is 76.1 Å². The molecule has 3 heterocycles. The third-order valence-corrected chi connectivity index (χ3v) is 10.4. The van der Waals surface area contributed by atoms with Gasteiger partial charge in [0, 0.05) is 54.2 Å². The summed E-state index contributed by atoms with van der Waals surface area (Å²) in [6.45, 7) is 0. The maximum Gasteiger partial charge on any atom is 0.144 e. The number of aromatic nitrogens is 2. The minimum atomic E-state index is 0.893. The zero-order valence-electron chi connectivity index (χ0n) is 27.5. The SMILES string of the molecule is c1ccc(-c2nc3ccccc3c3c2cc(-c2cccc(-c4nc5ccccc5c5c4ccc4c6ccccc6oc45)c2)c2ccccc23)cc1. The van der Waals surface area contributed by atoms with Crippen molar-refractivity contribution in [1.82, 2.24) is 9.97 Å². The Labute approximate surface area is 293 Å². The first kappa shape index (κ1) is 28.0. The molecular formula is C48H28N2O. The Hall–Kier alpha value is -6.84. The van der Waals surface area contributed by atoms with E-state index in [2.05, 4.69) is 158 Å². The Bertz CT molecular complexity index is 3190. The maximum absolute atomic E-state index is 6.59. The Kier molecular flexibility index (Phi) is 5.96. The van der Waals surface area contributed by atoms with Gasteiger partial charge < -0.3 is 4.42 Å². The fraction of sp³-hybridized carbons (Fsp3) is 0. The first-order valence-electron chi connectivity index (χ1n) is 17.3. The van der Waals surface area contributed by atoms with Crippen LogP contribution < -0.4 is 0 Å². The Morgan fingerprint density at radius 1 is 0.333 bits per heavy atom. The molecule has 236 valence electrons. The van der Waals surface area contributed by atoms with Crippen LogP contribution in [0.25, 0.3) is 110 Å². The van der Waals surface area contributed by atoms with E-state index in [0.717, 1.165) is 88.0 Å². The van der Waals surface area contributed by atoms with Crippen LogP contribution in [0.3, 0.4) is 0 Å². The predicted molar refractivity (Wildman–Crippen MR) is 213 cm³/mol. The van der Waals surface area contributed by atoms with E-state index in [1.165, 1.54) is 21.7 Å². The van der Waals surface area contributed by atoms with Gasteiger partial charge in [0.25, 0.3) is 0 Å². The highest BCUT2D eigenvalue weighted by Gasteiger charge is 2.19. The Balaban J connectivity index is 1.20. The van der Waals surface area contributed by atoms with Crippen LogP contribution in [0.15, 0.2) is 174 Å². The van der Waals surface area contributed by atoms with Crippen molar-refractivity contribution in [2.45, 2.75) is 0 Å². The monoisotopic (exact) mass is 648 g/mol. The van der Waals surface area contributed by atoms with E-state index < -0.39 is 0 Å². The number of benzene rings is 8. The minimum Gasteiger partial charge on any atom is -0.455 e. The minimum absolute atomic E-state index is 0.893. The summed E-state index contributed by atoms with van der Waals surface area (Å²) < 4.78 is 6.59. The summed E-state index contributed by atoms with van der Waals surface area (Å²) in [7, 11) is 0. The lowest BCUT2D eigenvalue weighted by molar-refractivity contribution is 0.673. The quantitative estimate of drug-likeness (QED) is 0.179. The van der Waals surface area contributed by atoms with Gasteiger partial charge >= 0.3 is 0 Å². The number of furan rings is 1. The van der Waals surface area contributed by atoms with Crippen molar-refractivity contribution in [1.29, 1.82) is 0 Å². The number of para-hydroxylation sites is 3. The van der Waals surface area contributed by atoms with Gasteiger partial charge in [0.05, 0.1) is 22.4 Å². The molecule has 3 heteroatoms. The second-order valence-electron chi connectivity index (χ2n) is 13.3. The van der Waals surface area contributed by atoms with Crippen LogP contribution in [-0.2, 0) is 0 Å². The maximum atomic E-state index is 6.59. The van der Waals surface area contributed by atoms with E-state index in [4.69, 9.17) is 14.4 Å². The van der Waals surface area contributed by atoms with E-state index in [-0.39, 0.29) is 0 Å². The molecule has 51 heavy (non-hydrogen) atoms. The van der Waals surface area contributed by atoms with Gasteiger partial charge in [-0.1, -0.05) is 133 Å². The molecule has 3 nitrogen and oxygen atoms in total. The number of hydrogen-bond donors (Lipinski definition) is 0. The molecule has 3 aromatic heterocycles. The van der Waals surface area contributed by atoms with E-state index in [9.17, 15) is 0 Å². The molecule has 0 unspecified atom stereocenters. The van der Waals surface area contributed by atoms with Crippen molar-refractivity contribution in [2.75, 3.05) is 0 Å². The van der Waals surface area contributed by atoms with E-state index in [1.54, 1.807) is 0 Å². The van der Waals surface area contributed by atoms with Gasteiger partial charge in [0.15, 0.2) is 0 Å². The van der Waals surface area contributed by atoms with Gasteiger partial charge in [-0.3, -0.25) is 0 Å². The van der Waals surface area contributed by atoms with Crippen molar-refractivity contribution in [2.24, 2.45) is 0 Å². The van der Waals surface area contributed by atoms with E-state index in [1.807, 2.05) is 12.1 Å². The molecule has 0 N–H and O–H groups in total. The Morgan fingerprint density at radius 3 is 1.69 bits per heavy atom. The molecule has 0 atom stereocenters. The summed E-state index contributed by atoms with van der Waals surface area (Å²) in [5.74, 6) is 0. The van der Waals surface area contributed by atoms with E-state index >= 15 is 0 Å². The van der Waals surface area contributed by atoms with Crippen molar-refractivity contribution in [3.63, 3.8) is 0 Å². The molecule has 11 rings (SSSR count). The lowest BCUT2D eigenvalue weighted by atomic mass is 9.89. The van der Waals surface area contributed by atoms with Crippen molar-refractivity contribution in [3.05, 3.63) is 170 Å². The van der Waals surface area contributed by atoms with Crippen LogP contribution in [0.5, 0.6) is 0 Å². The Morgan fingerprint density at radius 2 is 0.902 bits per heavy atom. The smallest absolute Gasteiger partial charge is 0.144 e. The number of fused-ring (bicyclic) bond motifs is 12. The highest BCUT2D eigenvalue weighted by atomic mass is 16.3. The lowest BCUT2D eigenvalue weighted by Crippen LogP contribution is -1.93. The molecule has 0 saturated carbocycles. The first-order chi connectivity index (χ1) is 25.3. The average Bonchev–Trinajstić information content (AvgIpc) is 3.59. The summed E-state index contributed by atoms with van der Waals surface area (Å²) in [6, 6.07) is 60.1. The van der Waals surface area contributed by atoms with Crippen LogP contribution in [0.1, 0.15) is 0 Å². The molecule has 0 saturated heterocycles. The van der Waals surface area contributed by atoms with Crippen LogP contribution in [0.4, 0.5) is 0 Å². The fourth-order valence-corrected chi connectivity index (χ4v) is 8.14.